The minimum atomic E-state index is -0.250. The number of rotatable bonds is 6. The summed E-state index contributed by atoms with van der Waals surface area (Å²) in [5.41, 5.74) is 1.95. The molecule has 1 aliphatic heterocycles. The first kappa shape index (κ1) is 16.4. The lowest BCUT2D eigenvalue weighted by Gasteiger charge is -2.19. The van der Waals surface area contributed by atoms with Crippen LogP contribution in [0.5, 0.6) is 0 Å². The molecule has 2 amide bonds. The maximum absolute atomic E-state index is 12.2. The minimum Gasteiger partial charge on any atom is -0.350 e. The molecule has 0 bridgehead atoms. The molecule has 0 spiro atoms. The number of hydrogen-bond donors (Lipinski definition) is 1. The van der Waals surface area contributed by atoms with Crippen molar-refractivity contribution < 1.29 is 9.59 Å². The molecule has 1 N–H and O–H groups in total. The van der Waals surface area contributed by atoms with Crippen molar-refractivity contribution in [2.24, 2.45) is 5.92 Å². The summed E-state index contributed by atoms with van der Waals surface area (Å²) < 4.78 is 0. The largest absolute Gasteiger partial charge is 0.350 e. The summed E-state index contributed by atoms with van der Waals surface area (Å²) in [6.45, 7) is 4.40. The quantitative estimate of drug-likeness (QED) is 0.827. The smallest absolute Gasteiger partial charge is 0.225 e. The van der Waals surface area contributed by atoms with Crippen molar-refractivity contribution in [1.82, 2.24) is 20.1 Å². The zero-order valence-corrected chi connectivity index (χ0v) is 13.5. The highest BCUT2D eigenvalue weighted by Crippen LogP contribution is 2.17. The van der Waals surface area contributed by atoms with Crippen LogP contribution >= 0.6 is 0 Å². The second-order valence-corrected chi connectivity index (χ2v) is 6.09. The van der Waals surface area contributed by atoms with Gasteiger partial charge in [-0.15, -0.1) is 0 Å². The van der Waals surface area contributed by atoms with Crippen molar-refractivity contribution in [3.8, 4) is 0 Å². The lowest BCUT2D eigenvalue weighted by molar-refractivity contribution is -0.129. The van der Waals surface area contributed by atoms with Crippen LogP contribution in [0.15, 0.2) is 18.3 Å². The third kappa shape index (κ3) is 4.53. The lowest BCUT2D eigenvalue weighted by atomic mass is 10.1. The Morgan fingerprint density at radius 1 is 1.50 bits per heavy atom. The Morgan fingerprint density at radius 2 is 2.27 bits per heavy atom. The van der Waals surface area contributed by atoms with Crippen LogP contribution in [0.4, 0.5) is 0 Å². The first-order chi connectivity index (χ1) is 10.5. The highest BCUT2D eigenvalue weighted by molar-refractivity contribution is 5.89. The summed E-state index contributed by atoms with van der Waals surface area (Å²) in [5, 5.41) is 2.88. The van der Waals surface area contributed by atoms with E-state index in [-0.39, 0.29) is 17.7 Å². The zero-order chi connectivity index (χ0) is 16.1. The van der Waals surface area contributed by atoms with Gasteiger partial charge < -0.3 is 15.1 Å². The molecule has 0 aromatic carbocycles. The molecule has 2 rings (SSSR count). The van der Waals surface area contributed by atoms with Crippen molar-refractivity contribution in [3.63, 3.8) is 0 Å². The average molecular weight is 304 g/mol. The van der Waals surface area contributed by atoms with Crippen LogP contribution in [0.2, 0.25) is 0 Å². The molecule has 6 heteroatoms. The van der Waals surface area contributed by atoms with E-state index in [0.717, 1.165) is 17.8 Å². The third-order valence-electron chi connectivity index (χ3n) is 3.82. The first-order valence-electron chi connectivity index (χ1n) is 7.57. The SMILES string of the molecule is Cc1ccnc(CNC(=O)[C@H]2CC(=O)N(CCN(C)C)C2)c1. The summed E-state index contributed by atoms with van der Waals surface area (Å²) >= 11 is 0. The normalized spacial score (nSPS) is 18.1. The van der Waals surface area contributed by atoms with Crippen LogP contribution in [0.25, 0.3) is 0 Å². The van der Waals surface area contributed by atoms with E-state index >= 15 is 0 Å². The third-order valence-corrected chi connectivity index (χ3v) is 3.82. The Balaban J connectivity index is 1.82. The van der Waals surface area contributed by atoms with E-state index in [1.165, 1.54) is 0 Å². The standard InChI is InChI=1S/C16H24N4O2/c1-12-4-5-17-14(8-12)10-18-16(22)13-9-15(21)20(11-13)7-6-19(2)3/h4-5,8,13H,6-7,9-11H2,1-3H3,(H,18,22)/t13-/m0/s1. The Bertz CT molecular complexity index is 545. The van der Waals surface area contributed by atoms with E-state index < -0.39 is 0 Å². The van der Waals surface area contributed by atoms with E-state index in [2.05, 4.69) is 10.3 Å². The van der Waals surface area contributed by atoms with Gasteiger partial charge in [0.15, 0.2) is 0 Å². The van der Waals surface area contributed by atoms with Crippen LogP contribution in [0.1, 0.15) is 17.7 Å². The Labute approximate surface area is 131 Å². The van der Waals surface area contributed by atoms with E-state index in [0.29, 0.717) is 26.1 Å². The van der Waals surface area contributed by atoms with Crippen molar-refractivity contribution in [2.75, 3.05) is 33.7 Å². The number of hydrogen-bond acceptors (Lipinski definition) is 4. The molecule has 1 fully saturated rings. The average Bonchev–Trinajstić information content (AvgIpc) is 2.84. The van der Waals surface area contributed by atoms with Crippen LogP contribution in [0, 0.1) is 12.8 Å². The van der Waals surface area contributed by atoms with E-state index in [9.17, 15) is 9.59 Å². The maximum Gasteiger partial charge on any atom is 0.225 e. The van der Waals surface area contributed by atoms with Gasteiger partial charge in [-0.1, -0.05) is 0 Å². The fraction of sp³-hybridized carbons (Fsp3) is 0.562. The topological polar surface area (TPSA) is 65.5 Å². The molecule has 6 nitrogen and oxygen atoms in total. The van der Waals surface area contributed by atoms with Gasteiger partial charge in [0.1, 0.15) is 0 Å². The molecule has 0 radical (unpaired) electrons. The van der Waals surface area contributed by atoms with Gasteiger partial charge in [0.2, 0.25) is 11.8 Å². The van der Waals surface area contributed by atoms with Crippen molar-refractivity contribution in [2.45, 2.75) is 19.9 Å². The number of aryl methyl sites for hydroxylation is 1. The number of nitrogens with one attached hydrogen (secondary N) is 1. The maximum atomic E-state index is 12.2. The van der Waals surface area contributed by atoms with Gasteiger partial charge in [-0.3, -0.25) is 14.6 Å². The molecule has 1 aliphatic rings. The van der Waals surface area contributed by atoms with Crippen LogP contribution in [-0.2, 0) is 16.1 Å². The predicted molar refractivity (Wildman–Crippen MR) is 84.1 cm³/mol. The number of pyridine rings is 1. The van der Waals surface area contributed by atoms with Crippen molar-refractivity contribution in [3.05, 3.63) is 29.6 Å². The van der Waals surface area contributed by atoms with E-state index in [1.54, 1.807) is 11.1 Å². The van der Waals surface area contributed by atoms with Gasteiger partial charge in [0, 0.05) is 32.3 Å². The van der Waals surface area contributed by atoms with Gasteiger partial charge in [-0.05, 0) is 38.7 Å². The van der Waals surface area contributed by atoms with Gasteiger partial charge >= 0.3 is 0 Å². The summed E-state index contributed by atoms with van der Waals surface area (Å²) in [6, 6.07) is 3.87. The van der Waals surface area contributed by atoms with E-state index in [1.807, 2.05) is 38.1 Å². The molecule has 1 saturated heterocycles. The molecular weight excluding hydrogens is 280 g/mol. The second-order valence-electron chi connectivity index (χ2n) is 6.09. The fourth-order valence-electron chi connectivity index (χ4n) is 2.50. The number of likely N-dealkylation sites (N-methyl/N-ethyl adjacent to an activating group) is 1. The molecule has 22 heavy (non-hydrogen) atoms. The summed E-state index contributed by atoms with van der Waals surface area (Å²) in [5.74, 6) is -0.251. The van der Waals surface area contributed by atoms with Crippen LogP contribution in [0.3, 0.4) is 0 Å². The lowest BCUT2D eigenvalue weighted by Crippen LogP contribution is -2.35. The Hall–Kier alpha value is -1.95. The van der Waals surface area contributed by atoms with Gasteiger partial charge in [-0.2, -0.15) is 0 Å². The molecule has 1 aromatic rings. The van der Waals surface area contributed by atoms with Gasteiger partial charge in [0.25, 0.3) is 0 Å². The number of amides is 2. The minimum absolute atomic E-state index is 0.0654. The summed E-state index contributed by atoms with van der Waals surface area (Å²) in [7, 11) is 3.94. The highest BCUT2D eigenvalue weighted by Gasteiger charge is 2.33. The number of likely N-dealkylation sites (tertiary alicyclic amines) is 1. The predicted octanol–water partition coefficient (Wildman–Crippen LogP) is 0.416. The molecule has 2 heterocycles. The number of nitrogens with zero attached hydrogens (tertiary/aromatic N) is 3. The van der Waals surface area contributed by atoms with E-state index in [4.69, 9.17) is 0 Å². The second kappa shape index (κ2) is 7.35. The number of carbonyl (C=O) groups is 2. The van der Waals surface area contributed by atoms with Crippen molar-refractivity contribution >= 4 is 11.8 Å². The molecule has 0 unspecified atom stereocenters. The molecule has 1 atom stereocenters. The molecule has 0 aliphatic carbocycles. The van der Waals surface area contributed by atoms with Crippen molar-refractivity contribution in [1.29, 1.82) is 0 Å². The molecule has 120 valence electrons. The van der Waals surface area contributed by atoms with Crippen LogP contribution < -0.4 is 5.32 Å². The number of carbonyl (C=O) groups excluding carboxylic acids is 2. The van der Waals surface area contributed by atoms with Crippen LogP contribution in [-0.4, -0.2) is 60.3 Å². The first-order valence-corrected chi connectivity index (χ1v) is 7.57. The molecule has 1 aromatic heterocycles. The Kier molecular flexibility index (Phi) is 5.49. The number of aromatic nitrogens is 1. The Morgan fingerprint density at radius 3 is 2.95 bits per heavy atom. The summed E-state index contributed by atoms with van der Waals surface area (Å²) in [6.07, 6.45) is 2.04. The van der Waals surface area contributed by atoms with Gasteiger partial charge in [0.05, 0.1) is 18.2 Å². The fourth-order valence-corrected chi connectivity index (χ4v) is 2.50. The summed E-state index contributed by atoms with van der Waals surface area (Å²) in [4.78, 5) is 32.2. The van der Waals surface area contributed by atoms with Gasteiger partial charge in [-0.25, -0.2) is 0 Å². The monoisotopic (exact) mass is 304 g/mol. The highest BCUT2D eigenvalue weighted by atomic mass is 16.2. The molecular formula is C16H24N4O2. The zero-order valence-electron chi connectivity index (χ0n) is 13.5. The molecule has 0 saturated carbocycles.